The molecule has 1 aromatic rings. The second-order valence-electron chi connectivity index (χ2n) is 4.58. The van der Waals surface area contributed by atoms with E-state index >= 15 is 0 Å². The first-order chi connectivity index (χ1) is 8.75. The minimum Gasteiger partial charge on any atom is -0.481 e. The minimum atomic E-state index is -0.685. The molecule has 1 aliphatic heterocycles. The highest BCUT2D eigenvalue weighted by molar-refractivity contribution is 5.70. The third-order valence-corrected chi connectivity index (χ3v) is 3.16. The Morgan fingerprint density at radius 3 is 2.89 bits per heavy atom. The summed E-state index contributed by atoms with van der Waals surface area (Å²) in [5, 5.41) is 9.00. The molecule has 0 spiro atoms. The molecule has 1 N–H and O–H groups in total. The van der Waals surface area contributed by atoms with E-state index in [2.05, 4.69) is 16.7 Å². The Balaban J connectivity index is 1.87. The molecular weight excluding hydrogens is 226 g/mol. The van der Waals surface area contributed by atoms with Crippen molar-refractivity contribution in [2.45, 2.75) is 12.8 Å². The summed E-state index contributed by atoms with van der Waals surface area (Å²) >= 11 is 0. The van der Waals surface area contributed by atoms with Crippen LogP contribution in [0.3, 0.4) is 0 Å². The van der Waals surface area contributed by atoms with E-state index in [1.165, 1.54) is 0 Å². The lowest BCUT2D eigenvalue weighted by atomic mass is 9.98. The number of aliphatic carboxylic acids is 1. The summed E-state index contributed by atoms with van der Waals surface area (Å²) in [6, 6.07) is 9.84. The van der Waals surface area contributed by atoms with Crippen LogP contribution in [0.4, 0.5) is 0 Å². The fourth-order valence-corrected chi connectivity index (χ4v) is 2.18. The maximum Gasteiger partial charge on any atom is 0.307 e. The van der Waals surface area contributed by atoms with Gasteiger partial charge in [0.05, 0.1) is 12.5 Å². The second kappa shape index (κ2) is 6.23. The molecule has 0 aromatic heterocycles. The molecule has 1 atom stereocenters. The average Bonchev–Trinajstić information content (AvgIpc) is 2.40. The first-order valence-electron chi connectivity index (χ1n) is 6.25. The first kappa shape index (κ1) is 12.7. The van der Waals surface area contributed by atoms with Crippen molar-refractivity contribution in [2.75, 3.05) is 19.6 Å². The zero-order valence-electron chi connectivity index (χ0n) is 10.3. The lowest BCUT2D eigenvalue weighted by Crippen LogP contribution is -2.38. The van der Waals surface area contributed by atoms with E-state index in [0.717, 1.165) is 24.9 Å². The summed E-state index contributed by atoms with van der Waals surface area (Å²) in [5.74, 6) is 5.30. The molecule has 3 heteroatoms. The predicted molar refractivity (Wildman–Crippen MR) is 70.1 cm³/mol. The summed E-state index contributed by atoms with van der Waals surface area (Å²) in [7, 11) is 0. The van der Waals surface area contributed by atoms with Crippen LogP contribution >= 0.6 is 0 Å². The van der Waals surface area contributed by atoms with Crippen LogP contribution in [-0.2, 0) is 4.79 Å². The molecule has 0 saturated carbocycles. The lowest BCUT2D eigenvalue weighted by molar-refractivity contribution is -0.143. The van der Waals surface area contributed by atoms with Gasteiger partial charge in [-0.05, 0) is 31.5 Å². The molecule has 1 aromatic carbocycles. The van der Waals surface area contributed by atoms with E-state index in [-0.39, 0.29) is 5.92 Å². The lowest BCUT2D eigenvalue weighted by Gasteiger charge is -2.28. The number of carbonyl (C=O) groups is 1. The smallest absolute Gasteiger partial charge is 0.307 e. The Hall–Kier alpha value is -1.79. The van der Waals surface area contributed by atoms with Gasteiger partial charge in [0.25, 0.3) is 0 Å². The molecule has 2 rings (SSSR count). The highest BCUT2D eigenvalue weighted by Crippen LogP contribution is 2.15. The topological polar surface area (TPSA) is 40.5 Å². The van der Waals surface area contributed by atoms with E-state index < -0.39 is 5.97 Å². The van der Waals surface area contributed by atoms with Crippen LogP contribution in [0.2, 0.25) is 0 Å². The van der Waals surface area contributed by atoms with Crippen molar-refractivity contribution in [2.24, 2.45) is 5.92 Å². The van der Waals surface area contributed by atoms with Crippen LogP contribution in [-0.4, -0.2) is 35.6 Å². The Kier molecular flexibility index (Phi) is 4.38. The molecule has 18 heavy (non-hydrogen) atoms. The molecule has 1 heterocycles. The normalized spacial score (nSPS) is 19.9. The van der Waals surface area contributed by atoms with Gasteiger partial charge in [0.2, 0.25) is 0 Å². The van der Waals surface area contributed by atoms with Crippen LogP contribution in [0.1, 0.15) is 18.4 Å². The van der Waals surface area contributed by atoms with Crippen molar-refractivity contribution in [1.82, 2.24) is 4.90 Å². The zero-order valence-corrected chi connectivity index (χ0v) is 10.3. The standard InChI is InChI=1S/C15H17NO2/c17-15(18)14-9-5-11-16(12-14)10-4-8-13-6-2-1-3-7-13/h1-3,6-7,14H,5,9-12H2,(H,17,18). The number of rotatable bonds is 2. The van der Waals surface area contributed by atoms with Gasteiger partial charge in [-0.2, -0.15) is 0 Å². The fraction of sp³-hybridized carbons (Fsp3) is 0.400. The van der Waals surface area contributed by atoms with Gasteiger partial charge in [-0.1, -0.05) is 30.0 Å². The number of carboxylic acids is 1. The highest BCUT2D eigenvalue weighted by Gasteiger charge is 2.24. The quantitative estimate of drug-likeness (QED) is 0.806. The van der Waals surface area contributed by atoms with Crippen molar-refractivity contribution in [3.05, 3.63) is 35.9 Å². The summed E-state index contributed by atoms with van der Waals surface area (Å²) in [6.45, 7) is 2.23. The summed E-state index contributed by atoms with van der Waals surface area (Å²) < 4.78 is 0. The van der Waals surface area contributed by atoms with Crippen LogP contribution in [0.25, 0.3) is 0 Å². The summed E-state index contributed by atoms with van der Waals surface area (Å²) in [5.41, 5.74) is 1.00. The maximum atomic E-state index is 10.9. The van der Waals surface area contributed by atoms with Gasteiger partial charge in [0.1, 0.15) is 0 Å². The molecular formula is C15H17NO2. The highest BCUT2D eigenvalue weighted by atomic mass is 16.4. The summed E-state index contributed by atoms with van der Waals surface area (Å²) in [6.07, 6.45) is 1.74. The maximum absolute atomic E-state index is 10.9. The van der Waals surface area contributed by atoms with Gasteiger partial charge in [-0.25, -0.2) is 0 Å². The van der Waals surface area contributed by atoms with Gasteiger partial charge < -0.3 is 5.11 Å². The monoisotopic (exact) mass is 243 g/mol. The van der Waals surface area contributed by atoms with Crippen LogP contribution in [0.15, 0.2) is 30.3 Å². The molecule has 3 nitrogen and oxygen atoms in total. The number of nitrogens with zero attached hydrogens (tertiary/aromatic N) is 1. The number of hydrogen-bond acceptors (Lipinski definition) is 2. The number of likely N-dealkylation sites (tertiary alicyclic amines) is 1. The van der Waals surface area contributed by atoms with Crippen LogP contribution < -0.4 is 0 Å². The Morgan fingerprint density at radius 2 is 2.17 bits per heavy atom. The van der Waals surface area contributed by atoms with E-state index in [0.29, 0.717) is 13.1 Å². The Labute approximate surface area is 107 Å². The van der Waals surface area contributed by atoms with E-state index in [9.17, 15) is 4.79 Å². The second-order valence-corrected chi connectivity index (χ2v) is 4.58. The Morgan fingerprint density at radius 1 is 1.39 bits per heavy atom. The fourth-order valence-electron chi connectivity index (χ4n) is 2.18. The van der Waals surface area contributed by atoms with Crippen molar-refractivity contribution in [3.8, 4) is 11.8 Å². The molecule has 1 unspecified atom stereocenters. The zero-order chi connectivity index (χ0) is 12.8. The van der Waals surface area contributed by atoms with E-state index in [1.807, 2.05) is 30.3 Å². The third-order valence-electron chi connectivity index (χ3n) is 3.16. The minimum absolute atomic E-state index is 0.225. The van der Waals surface area contributed by atoms with Crippen LogP contribution in [0, 0.1) is 17.8 Å². The van der Waals surface area contributed by atoms with Gasteiger partial charge in [0, 0.05) is 12.1 Å². The predicted octanol–water partition coefficient (Wildman–Crippen LogP) is 1.83. The molecule has 0 aliphatic carbocycles. The molecule has 0 radical (unpaired) electrons. The van der Waals surface area contributed by atoms with Gasteiger partial charge in [-0.3, -0.25) is 9.69 Å². The molecule has 0 bridgehead atoms. The Bertz CT molecular complexity index is 458. The number of piperidine rings is 1. The van der Waals surface area contributed by atoms with E-state index in [1.54, 1.807) is 0 Å². The number of hydrogen-bond donors (Lipinski definition) is 1. The molecule has 1 saturated heterocycles. The molecule has 1 fully saturated rings. The van der Waals surface area contributed by atoms with Crippen molar-refractivity contribution >= 4 is 5.97 Å². The van der Waals surface area contributed by atoms with Gasteiger partial charge in [0.15, 0.2) is 0 Å². The number of carboxylic acid groups (broad SMARTS) is 1. The van der Waals surface area contributed by atoms with Crippen molar-refractivity contribution in [3.63, 3.8) is 0 Å². The largest absolute Gasteiger partial charge is 0.481 e. The third kappa shape index (κ3) is 3.61. The first-order valence-corrected chi connectivity index (χ1v) is 6.25. The molecule has 1 aliphatic rings. The van der Waals surface area contributed by atoms with Crippen molar-refractivity contribution < 1.29 is 9.90 Å². The van der Waals surface area contributed by atoms with Gasteiger partial charge in [-0.15, -0.1) is 0 Å². The van der Waals surface area contributed by atoms with Crippen molar-refractivity contribution in [1.29, 1.82) is 0 Å². The molecule has 0 amide bonds. The molecule has 94 valence electrons. The average molecular weight is 243 g/mol. The SMILES string of the molecule is O=C(O)C1CCCN(CC#Cc2ccccc2)C1. The number of benzene rings is 1. The summed E-state index contributed by atoms with van der Waals surface area (Å²) in [4.78, 5) is 13.1. The van der Waals surface area contributed by atoms with Crippen LogP contribution in [0.5, 0.6) is 0 Å². The van der Waals surface area contributed by atoms with E-state index in [4.69, 9.17) is 5.11 Å². The van der Waals surface area contributed by atoms with Gasteiger partial charge >= 0.3 is 5.97 Å².